The summed E-state index contributed by atoms with van der Waals surface area (Å²) < 4.78 is 18.1. The second kappa shape index (κ2) is 12.4. The molecule has 2 aliphatic rings. The van der Waals surface area contributed by atoms with Gasteiger partial charge in [-0.3, -0.25) is 0 Å². The van der Waals surface area contributed by atoms with Gasteiger partial charge in [-0.1, -0.05) is 183 Å². The number of hydrogen-bond donors (Lipinski definition) is 0. The lowest BCUT2D eigenvalue weighted by Crippen LogP contribution is -2.88. The molecule has 0 aromatic rings. The van der Waals surface area contributed by atoms with Crippen LogP contribution >= 0.6 is 0 Å². The standard InChI is InChI=1S/C34H86O2Si11/c1-35-46(31(38(3,4)5,39(6,7)8)27-28-32(46,40(9,10)11)41(12,13)14)37-47(36-2)33(42(15,16)17,43(18,19)20)29-30-34(47,44(21,22)23)45(24,25)26/h27-30H2,1-26H3. The molecule has 2 rings (SSSR count). The second-order valence-corrected chi connectivity index (χ2v) is 87.8. The normalized spacial score (nSPS) is 24.9. The first kappa shape index (κ1) is 45.5. The molecule has 0 saturated carbocycles. The Kier molecular flexibility index (Phi) is 12.0. The molecule has 0 bridgehead atoms. The first-order valence-corrected chi connectivity index (χ1v) is 54.0. The van der Waals surface area contributed by atoms with E-state index >= 15 is 0 Å². The van der Waals surface area contributed by atoms with Crippen LogP contribution in [0.3, 0.4) is 0 Å². The molecule has 2 fully saturated rings. The third-order valence-corrected chi connectivity index (χ3v) is 111. The monoisotopic (exact) mass is 834 g/mol. The van der Waals surface area contributed by atoms with Crippen LogP contribution in [0.2, 0.25) is 174 Å². The molecule has 0 unspecified atom stereocenters. The van der Waals surface area contributed by atoms with Crippen molar-refractivity contribution in [1.82, 2.24) is 0 Å². The molecule has 0 aromatic heterocycles. The minimum absolute atomic E-state index is 0.442. The Morgan fingerprint density at radius 3 is 0.532 bits per heavy atom. The van der Waals surface area contributed by atoms with Gasteiger partial charge < -0.3 is 8.85 Å². The molecule has 0 atom stereocenters. The summed E-state index contributed by atoms with van der Waals surface area (Å²) in [7, 11) is -13.4. The van der Waals surface area contributed by atoms with Gasteiger partial charge in [-0.25, -0.2) is 0 Å². The van der Waals surface area contributed by atoms with E-state index in [0.29, 0.717) is 17.1 Å². The summed E-state index contributed by atoms with van der Waals surface area (Å²) in [6, 6.07) is 0. The van der Waals surface area contributed by atoms with Gasteiger partial charge in [0, 0.05) is 78.8 Å². The van der Waals surface area contributed by atoms with Crippen molar-refractivity contribution in [3.05, 3.63) is 0 Å². The fraction of sp³-hybridized carbons (Fsp3) is 1.00. The van der Waals surface area contributed by atoms with Gasteiger partial charge in [0.15, 0.2) is 15.7 Å². The van der Waals surface area contributed by atoms with E-state index in [-0.39, 0.29) is 0 Å². The fourth-order valence-electron chi connectivity index (χ4n) is 15.4. The second-order valence-electron chi connectivity index (χ2n) is 24.5. The highest BCUT2D eigenvalue weighted by atomic mass is 29.6. The Balaban J connectivity index is 3.66. The van der Waals surface area contributed by atoms with Crippen LogP contribution in [0, 0.1) is 0 Å². The molecule has 2 heterocycles. The Labute approximate surface area is 309 Å². The molecule has 0 amide bonds. The van der Waals surface area contributed by atoms with Gasteiger partial charge in [0.1, 0.15) is 0 Å². The zero-order valence-electron chi connectivity index (χ0n) is 37.1. The molecule has 0 aliphatic carbocycles. The highest BCUT2D eigenvalue weighted by Gasteiger charge is 2.88. The summed E-state index contributed by atoms with van der Waals surface area (Å²) in [5.74, 6) is 0. The molecule has 2 aliphatic heterocycles. The van der Waals surface area contributed by atoms with Gasteiger partial charge >= 0.3 is 0 Å². The van der Waals surface area contributed by atoms with Crippen molar-refractivity contribution in [3.63, 3.8) is 0 Å². The van der Waals surface area contributed by atoms with E-state index in [1.165, 1.54) is 25.7 Å². The molecule has 2 nitrogen and oxygen atoms in total. The van der Waals surface area contributed by atoms with Crippen LogP contribution in [0.4, 0.5) is 0 Å². The Morgan fingerprint density at radius 2 is 0.447 bits per heavy atom. The van der Waals surface area contributed by atoms with Crippen LogP contribution in [0.5, 0.6) is 0 Å². The highest BCUT2D eigenvalue weighted by molar-refractivity contribution is 7.64. The molecule has 13 heteroatoms. The minimum atomic E-state index is -2.56. The van der Waals surface area contributed by atoms with Crippen molar-refractivity contribution < 1.29 is 8.85 Å². The Morgan fingerprint density at radius 1 is 0.319 bits per heavy atom. The molecular formula is C34H86O2Si11. The smallest absolute Gasteiger partial charge is 0.175 e. The first-order valence-electron chi connectivity index (χ1n) is 19.1. The molecular weight excluding hydrogens is 749 g/mol. The van der Waals surface area contributed by atoms with E-state index in [0.717, 1.165) is 8.55 Å². The van der Waals surface area contributed by atoms with Crippen molar-refractivity contribution in [1.29, 1.82) is 0 Å². The third-order valence-electron chi connectivity index (χ3n) is 15.4. The third kappa shape index (κ3) is 5.57. The zero-order valence-corrected chi connectivity index (χ0v) is 48.1. The molecule has 0 N–H and O–H groups in total. The van der Waals surface area contributed by atoms with Crippen molar-refractivity contribution in [2.45, 2.75) is 200 Å². The maximum atomic E-state index is 8.17. The van der Waals surface area contributed by atoms with Crippen LogP contribution in [-0.2, 0) is 8.85 Å². The predicted octanol–water partition coefficient (Wildman–Crippen LogP) is 12.4. The minimum Gasteiger partial charge on any atom is -0.423 e. The summed E-state index contributed by atoms with van der Waals surface area (Å²) >= 11 is 0. The number of rotatable bonds is 12. The van der Waals surface area contributed by atoms with Crippen LogP contribution < -0.4 is 0 Å². The lowest BCUT2D eigenvalue weighted by Gasteiger charge is -2.72. The maximum absolute atomic E-state index is 8.17. The molecule has 0 spiro atoms. The van der Waals surface area contributed by atoms with E-state index < -0.39 is 80.3 Å². The highest BCUT2D eigenvalue weighted by Crippen LogP contribution is 2.80. The topological polar surface area (TPSA) is 18.5 Å². The predicted molar refractivity (Wildman–Crippen MR) is 247 cm³/mol. The van der Waals surface area contributed by atoms with E-state index in [1.807, 2.05) is 0 Å². The van der Waals surface area contributed by atoms with Gasteiger partial charge in [0.2, 0.25) is 0 Å². The lowest BCUT2D eigenvalue weighted by atomic mass is 10.4. The molecule has 47 heavy (non-hydrogen) atoms. The van der Waals surface area contributed by atoms with Crippen molar-refractivity contribution in [3.8, 4) is 0 Å². The zero-order chi connectivity index (χ0) is 37.9. The van der Waals surface area contributed by atoms with E-state index in [4.69, 9.17) is 8.85 Å². The van der Waals surface area contributed by atoms with Gasteiger partial charge in [-0.15, -0.1) is 0 Å². The van der Waals surface area contributed by atoms with Crippen LogP contribution in [-0.4, -0.2) is 103 Å². The van der Waals surface area contributed by atoms with Gasteiger partial charge in [-0.2, -0.15) is 0 Å². The fourth-order valence-corrected chi connectivity index (χ4v) is 170. The van der Waals surface area contributed by atoms with Gasteiger partial charge in [0.05, 0.1) is 8.55 Å². The van der Waals surface area contributed by atoms with Crippen LogP contribution in [0.1, 0.15) is 25.7 Å². The molecule has 2 radical (unpaired) electrons. The van der Waals surface area contributed by atoms with E-state index in [1.54, 1.807) is 0 Å². The van der Waals surface area contributed by atoms with Gasteiger partial charge in [0.25, 0.3) is 0 Å². The molecule has 278 valence electrons. The van der Waals surface area contributed by atoms with Crippen LogP contribution in [0.25, 0.3) is 0 Å². The molecule has 0 aromatic carbocycles. The van der Waals surface area contributed by atoms with Gasteiger partial charge in [-0.05, 0) is 17.1 Å². The van der Waals surface area contributed by atoms with E-state index in [9.17, 15) is 0 Å². The lowest BCUT2D eigenvalue weighted by molar-refractivity contribution is 0.389. The summed E-state index contributed by atoms with van der Waals surface area (Å²) in [6.07, 6.45) is 5.87. The Bertz CT molecular complexity index is 918. The summed E-state index contributed by atoms with van der Waals surface area (Å²) in [5.41, 5.74) is 0. The SMILES string of the molecule is CO[Si]1([Si][Si]2(OC)C([Si](C)(C)C)([Si](C)(C)C)CCC2([Si](C)(C)C)[Si](C)(C)C)C([Si](C)(C)C)([Si](C)(C)C)CCC1([Si](C)(C)C)[Si](C)(C)C. The van der Waals surface area contributed by atoms with Crippen LogP contribution in [0.15, 0.2) is 0 Å². The summed E-state index contributed by atoms with van der Waals surface area (Å²) in [6.45, 7) is 67.8. The van der Waals surface area contributed by atoms with Crippen molar-refractivity contribution >= 4 is 88.8 Å². The molecule has 2 saturated heterocycles. The summed E-state index contributed by atoms with van der Waals surface area (Å²) in [4.78, 5) is 0. The summed E-state index contributed by atoms with van der Waals surface area (Å²) in [5, 5.41) is 0. The average Bonchev–Trinajstić information content (AvgIpc) is 3.28. The van der Waals surface area contributed by atoms with E-state index in [2.05, 4.69) is 171 Å². The number of hydrogen-bond acceptors (Lipinski definition) is 2. The Hall–Kier alpha value is 2.31. The van der Waals surface area contributed by atoms with Crippen molar-refractivity contribution in [2.75, 3.05) is 14.2 Å². The maximum Gasteiger partial charge on any atom is 0.175 e. The quantitative estimate of drug-likeness (QED) is 0.182. The van der Waals surface area contributed by atoms with Crippen molar-refractivity contribution in [2.24, 2.45) is 0 Å². The largest absolute Gasteiger partial charge is 0.423 e. The first-order chi connectivity index (χ1) is 20.2. The average molecular weight is 836 g/mol.